The lowest BCUT2D eigenvalue weighted by Crippen LogP contribution is -2.37. The second-order valence-corrected chi connectivity index (χ2v) is 7.25. The summed E-state index contributed by atoms with van der Waals surface area (Å²) in [7, 11) is 1.60. The Morgan fingerprint density at radius 3 is 2.30 bits per heavy atom. The molecule has 158 valence electrons. The van der Waals surface area contributed by atoms with E-state index in [1.54, 1.807) is 16.9 Å². The van der Waals surface area contributed by atoms with Gasteiger partial charge < -0.3 is 24.6 Å². The zero-order valence-corrected chi connectivity index (χ0v) is 17.0. The van der Waals surface area contributed by atoms with Gasteiger partial charge in [-0.2, -0.15) is 0 Å². The van der Waals surface area contributed by atoms with E-state index in [9.17, 15) is 9.59 Å². The third kappa shape index (κ3) is 4.49. The molecule has 0 saturated carbocycles. The summed E-state index contributed by atoms with van der Waals surface area (Å²) in [5.74, 6) is 0.528. The van der Waals surface area contributed by atoms with Gasteiger partial charge in [-0.3, -0.25) is 9.69 Å². The van der Waals surface area contributed by atoms with Crippen molar-refractivity contribution < 1.29 is 19.1 Å². The second-order valence-electron chi connectivity index (χ2n) is 7.25. The van der Waals surface area contributed by atoms with Gasteiger partial charge in [0.15, 0.2) is 0 Å². The molecule has 2 fully saturated rings. The molecule has 2 saturated heterocycles. The molecule has 2 aliphatic heterocycles. The highest BCUT2D eigenvalue weighted by molar-refractivity contribution is 5.99. The summed E-state index contributed by atoms with van der Waals surface area (Å²) in [5.41, 5.74) is 2.62. The van der Waals surface area contributed by atoms with E-state index in [0.717, 1.165) is 49.1 Å². The van der Waals surface area contributed by atoms with Crippen LogP contribution in [0.2, 0.25) is 0 Å². The Labute approximate surface area is 176 Å². The van der Waals surface area contributed by atoms with E-state index in [2.05, 4.69) is 10.2 Å². The third-order valence-corrected chi connectivity index (χ3v) is 5.34. The van der Waals surface area contributed by atoms with Crippen molar-refractivity contribution in [3.8, 4) is 5.75 Å². The van der Waals surface area contributed by atoms with E-state index in [1.165, 1.54) is 0 Å². The number of carbonyl (C=O) groups is 2. The second kappa shape index (κ2) is 9.04. The van der Waals surface area contributed by atoms with E-state index < -0.39 is 0 Å². The molecule has 0 aliphatic carbocycles. The van der Waals surface area contributed by atoms with Gasteiger partial charge in [0.2, 0.25) is 5.91 Å². The highest BCUT2D eigenvalue weighted by Gasteiger charge is 2.30. The van der Waals surface area contributed by atoms with Gasteiger partial charge in [-0.05, 0) is 48.5 Å². The molecule has 0 unspecified atom stereocenters. The minimum atomic E-state index is -0.209. The largest absolute Gasteiger partial charge is 0.497 e. The average Bonchev–Trinajstić information content (AvgIpc) is 3.15. The fraction of sp³-hybridized carbons (Fsp3) is 0.364. The zero-order chi connectivity index (χ0) is 20.9. The van der Waals surface area contributed by atoms with Crippen LogP contribution in [-0.4, -0.2) is 69.9 Å². The lowest BCUT2D eigenvalue weighted by Gasteiger charge is -2.28. The van der Waals surface area contributed by atoms with Crippen LogP contribution in [0.1, 0.15) is 0 Å². The van der Waals surface area contributed by atoms with Crippen LogP contribution < -0.4 is 19.9 Å². The molecular formula is C22H26N4O4. The van der Waals surface area contributed by atoms with Crippen molar-refractivity contribution in [3.05, 3.63) is 48.5 Å². The minimum absolute atomic E-state index is 0.0245. The Balaban J connectivity index is 1.31. The van der Waals surface area contributed by atoms with Crippen LogP contribution in [0.15, 0.2) is 48.5 Å². The summed E-state index contributed by atoms with van der Waals surface area (Å²) in [4.78, 5) is 30.6. The number of morpholine rings is 1. The van der Waals surface area contributed by atoms with Crippen molar-refractivity contribution in [2.45, 2.75) is 0 Å². The summed E-state index contributed by atoms with van der Waals surface area (Å²) in [6.45, 7) is 4.28. The standard InChI is InChI=1S/C22H26N4O4/c1-29-20-8-6-19(7-9-20)26-11-10-25(22(26)28)16-21(27)23-17-2-4-18(5-3-17)24-12-14-30-15-13-24/h2-9H,10-16H2,1H3,(H,23,27). The predicted octanol–water partition coefficient (Wildman–Crippen LogP) is 2.41. The molecule has 2 aromatic carbocycles. The minimum Gasteiger partial charge on any atom is -0.497 e. The molecule has 8 nitrogen and oxygen atoms in total. The van der Waals surface area contributed by atoms with Gasteiger partial charge >= 0.3 is 6.03 Å². The number of rotatable bonds is 6. The number of urea groups is 1. The number of amides is 3. The van der Waals surface area contributed by atoms with Crippen LogP contribution in [-0.2, 0) is 9.53 Å². The first kappa shape index (κ1) is 20.0. The van der Waals surface area contributed by atoms with Crippen LogP contribution in [0.25, 0.3) is 0 Å². The van der Waals surface area contributed by atoms with Crippen molar-refractivity contribution in [2.24, 2.45) is 0 Å². The first-order chi connectivity index (χ1) is 14.6. The number of ether oxygens (including phenoxy) is 2. The summed E-state index contributed by atoms with van der Waals surface area (Å²) < 4.78 is 10.5. The van der Waals surface area contributed by atoms with E-state index in [-0.39, 0.29) is 18.5 Å². The van der Waals surface area contributed by atoms with Gasteiger partial charge in [0.25, 0.3) is 0 Å². The van der Waals surface area contributed by atoms with Crippen LogP contribution in [0.4, 0.5) is 21.9 Å². The monoisotopic (exact) mass is 410 g/mol. The average molecular weight is 410 g/mol. The Morgan fingerprint density at radius 2 is 1.63 bits per heavy atom. The molecule has 2 heterocycles. The van der Waals surface area contributed by atoms with E-state index in [1.807, 2.05) is 48.5 Å². The summed E-state index contributed by atoms with van der Waals surface area (Å²) in [6, 6.07) is 14.9. The number of hydrogen-bond donors (Lipinski definition) is 1. The molecule has 8 heteroatoms. The molecule has 0 atom stereocenters. The first-order valence-corrected chi connectivity index (χ1v) is 10.1. The van der Waals surface area contributed by atoms with Gasteiger partial charge in [0.05, 0.1) is 20.3 Å². The Kier molecular flexibility index (Phi) is 6.04. The molecule has 2 aromatic rings. The number of methoxy groups -OCH3 is 1. The summed E-state index contributed by atoms with van der Waals surface area (Å²) in [5, 5.41) is 2.88. The Bertz CT molecular complexity index is 879. The van der Waals surface area contributed by atoms with Crippen molar-refractivity contribution in [3.63, 3.8) is 0 Å². The predicted molar refractivity (Wildman–Crippen MR) is 115 cm³/mol. The van der Waals surface area contributed by atoms with Crippen molar-refractivity contribution in [1.82, 2.24) is 4.90 Å². The van der Waals surface area contributed by atoms with E-state index in [4.69, 9.17) is 9.47 Å². The van der Waals surface area contributed by atoms with E-state index in [0.29, 0.717) is 13.1 Å². The summed E-state index contributed by atoms with van der Waals surface area (Å²) >= 11 is 0. The molecule has 0 aromatic heterocycles. The lowest BCUT2D eigenvalue weighted by atomic mass is 10.2. The van der Waals surface area contributed by atoms with Gasteiger partial charge in [-0.15, -0.1) is 0 Å². The maximum atomic E-state index is 12.7. The fourth-order valence-electron chi connectivity index (χ4n) is 3.68. The molecular weight excluding hydrogens is 384 g/mol. The number of nitrogens with one attached hydrogen (secondary N) is 1. The SMILES string of the molecule is COc1ccc(N2CCN(CC(=O)Nc3ccc(N4CCOCC4)cc3)C2=O)cc1. The molecule has 0 spiro atoms. The van der Waals surface area contributed by atoms with Crippen LogP contribution in [0.3, 0.4) is 0 Å². The Morgan fingerprint density at radius 1 is 0.967 bits per heavy atom. The van der Waals surface area contributed by atoms with Crippen molar-refractivity contribution in [2.75, 3.05) is 68.2 Å². The van der Waals surface area contributed by atoms with Crippen molar-refractivity contribution in [1.29, 1.82) is 0 Å². The maximum absolute atomic E-state index is 12.7. The number of carbonyl (C=O) groups excluding carboxylic acids is 2. The van der Waals surface area contributed by atoms with Gasteiger partial charge in [0.1, 0.15) is 12.3 Å². The number of nitrogens with zero attached hydrogens (tertiary/aromatic N) is 3. The molecule has 4 rings (SSSR count). The highest BCUT2D eigenvalue weighted by Crippen LogP contribution is 2.23. The molecule has 2 aliphatic rings. The van der Waals surface area contributed by atoms with Crippen LogP contribution in [0.5, 0.6) is 5.75 Å². The Hall–Kier alpha value is -3.26. The number of benzene rings is 2. The fourth-order valence-corrected chi connectivity index (χ4v) is 3.68. The zero-order valence-electron chi connectivity index (χ0n) is 17.0. The normalized spacial score (nSPS) is 16.7. The highest BCUT2D eigenvalue weighted by atomic mass is 16.5. The van der Waals surface area contributed by atoms with Crippen LogP contribution in [0, 0.1) is 0 Å². The number of hydrogen-bond acceptors (Lipinski definition) is 5. The summed E-state index contributed by atoms with van der Waals surface area (Å²) in [6.07, 6.45) is 0. The van der Waals surface area contributed by atoms with Gasteiger partial charge in [-0.25, -0.2) is 4.79 Å². The molecule has 0 bridgehead atoms. The molecule has 1 N–H and O–H groups in total. The molecule has 0 radical (unpaired) electrons. The van der Waals surface area contributed by atoms with E-state index >= 15 is 0 Å². The topological polar surface area (TPSA) is 74.3 Å². The lowest BCUT2D eigenvalue weighted by molar-refractivity contribution is -0.116. The molecule has 3 amide bonds. The first-order valence-electron chi connectivity index (χ1n) is 10.1. The van der Waals surface area contributed by atoms with Crippen molar-refractivity contribution >= 4 is 29.0 Å². The number of anilines is 3. The maximum Gasteiger partial charge on any atom is 0.325 e. The molecule has 30 heavy (non-hydrogen) atoms. The van der Waals surface area contributed by atoms with Gasteiger partial charge in [-0.1, -0.05) is 0 Å². The van der Waals surface area contributed by atoms with Gasteiger partial charge in [0, 0.05) is 43.2 Å². The van der Waals surface area contributed by atoms with Crippen LogP contribution >= 0.6 is 0 Å². The quantitative estimate of drug-likeness (QED) is 0.792. The third-order valence-electron chi connectivity index (χ3n) is 5.34. The smallest absolute Gasteiger partial charge is 0.325 e.